The molecule has 3 rings (SSSR count). The first-order valence-corrected chi connectivity index (χ1v) is 10.3. The van der Waals surface area contributed by atoms with E-state index in [0.717, 1.165) is 4.47 Å². The average molecular weight is 478 g/mol. The summed E-state index contributed by atoms with van der Waals surface area (Å²) in [6.45, 7) is 5.39. The zero-order valence-electron chi connectivity index (χ0n) is 17.1. The number of carbonyl (C=O) groups is 1. The Morgan fingerprint density at radius 1 is 1.07 bits per heavy atom. The van der Waals surface area contributed by atoms with E-state index in [2.05, 4.69) is 15.9 Å². The predicted molar refractivity (Wildman–Crippen MR) is 117 cm³/mol. The maximum atomic E-state index is 13.0. The van der Waals surface area contributed by atoms with Gasteiger partial charge < -0.3 is 19.3 Å². The number of carbonyl (C=O) groups excluding carboxylic acids is 1. The maximum absolute atomic E-state index is 13.0. The summed E-state index contributed by atoms with van der Waals surface area (Å²) in [4.78, 5) is 27.8. The fraction of sp³-hybridized carbons (Fsp3) is 0.381. The topological polar surface area (TPSA) is 85.2 Å². The van der Waals surface area contributed by atoms with E-state index in [1.807, 2.05) is 17.0 Å². The molecule has 1 heterocycles. The third-order valence-corrected chi connectivity index (χ3v) is 5.52. The molecular weight excluding hydrogens is 454 g/mol. The van der Waals surface area contributed by atoms with Gasteiger partial charge in [0.05, 0.1) is 18.1 Å². The van der Waals surface area contributed by atoms with E-state index in [4.69, 9.17) is 9.47 Å². The highest BCUT2D eigenvalue weighted by Crippen LogP contribution is 2.33. The van der Waals surface area contributed by atoms with Crippen molar-refractivity contribution in [2.75, 3.05) is 38.2 Å². The van der Waals surface area contributed by atoms with E-state index in [0.29, 0.717) is 43.4 Å². The molecular formula is C21H24BrN3O5. The summed E-state index contributed by atoms with van der Waals surface area (Å²) in [6, 6.07) is 12.1. The average Bonchev–Trinajstić information content (AvgIpc) is 2.74. The summed E-state index contributed by atoms with van der Waals surface area (Å²) in [5, 5.41) is 11.5. The molecule has 0 radical (unpaired) electrons. The van der Waals surface area contributed by atoms with E-state index in [1.165, 1.54) is 13.2 Å². The first-order valence-electron chi connectivity index (χ1n) is 9.52. The van der Waals surface area contributed by atoms with Crippen LogP contribution in [-0.2, 0) is 4.79 Å². The number of nitro benzene ring substituents is 1. The summed E-state index contributed by atoms with van der Waals surface area (Å²) >= 11 is 3.38. The molecule has 1 saturated heterocycles. The number of amides is 1. The van der Waals surface area contributed by atoms with Gasteiger partial charge in [0.25, 0.3) is 11.6 Å². The number of anilines is 1. The highest BCUT2D eigenvalue weighted by Gasteiger charge is 2.36. The van der Waals surface area contributed by atoms with Crippen molar-refractivity contribution in [1.82, 2.24) is 4.90 Å². The van der Waals surface area contributed by atoms with Crippen molar-refractivity contribution >= 4 is 33.2 Å². The van der Waals surface area contributed by atoms with Crippen LogP contribution in [0.1, 0.15) is 13.8 Å². The lowest BCUT2D eigenvalue weighted by Gasteiger charge is -2.39. The van der Waals surface area contributed by atoms with Crippen molar-refractivity contribution in [2.45, 2.75) is 19.4 Å². The normalized spacial score (nSPS) is 14.4. The first kappa shape index (κ1) is 21.9. The number of benzene rings is 2. The number of rotatable bonds is 6. The van der Waals surface area contributed by atoms with Gasteiger partial charge in [0.1, 0.15) is 17.2 Å². The molecule has 1 aliphatic heterocycles. The van der Waals surface area contributed by atoms with Crippen LogP contribution in [0.5, 0.6) is 11.5 Å². The Bertz CT molecular complexity index is 925. The van der Waals surface area contributed by atoms with Gasteiger partial charge in [-0.05, 0) is 50.2 Å². The Morgan fingerprint density at radius 2 is 1.67 bits per heavy atom. The van der Waals surface area contributed by atoms with Gasteiger partial charge in [0.2, 0.25) is 0 Å². The standard InChI is InChI=1S/C21H24BrN3O5/c1-21(2,30-16-6-4-15(22)5-7-16)20(26)24-12-10-23(11-13-24)18-9-8-17(29-3)14-19(18)25(27)28/h4-9,14H,10-13H2,1-3H3. The number of nitrogens with zero attached hydrogens (tertiary/aromatic N) is 3. The van der Waals surface area contributed by atoms with Gasteiger partial charge in [-0.3, -0.25) is 14.9 Å². The highest BCUT2D eigenvalue weighted by atomic mass is 79.9. The van der Waals surface area contributed by atoms with E-state index < -0.39 is 10.5 Å². The Morgan fingerprint density at radius 3 is 2.23 bits per heavy atom. The SMILES string of the molecule is COc1ccc(N2CCN(C(=O)C(C)(C)Oc3ccc(Br)cc3)CC2)c([N+](=O)[O-])c1. The molecule has 160 valence electrons. The number of piperazine rings is 1. The lowest BCUT2D eigenvalue weighted by atomic mass is 10.1. The number of methoxy groups -OCH3 is 1. The van der Waals surface area contributed by atoms with Crippen molar-refractivity contribution in [3.05, 3.63) is 57.1 Å². The van der Waals surface area contributed by atoms with Crippen LogP contribution in [0, 0.1) is 10.1 Å². The summed E-state index contributed by atoms with van der Waals surface area (Å²) in [5.41, 5.74) is -0.506. The van der Waals surface area contributed by atoms with Gasteiger partial charge in [-0.25, -0.2) is 0 Å². The molecule has 0 aliphatic carbocycles. The summed E-state index contributed by atoms with van der Waals surface area (Å²) < 4.78 is 12.0. The molecule has 2 aromatic carbocycles. The molecule has 0 unspecified atom stereocenters. The van der Waals surface area contributed by atoms with E-state index in [-0.39, 0.29) is 11.6 Å². The molecule has 8 nitrogen and oxygen atoms in total. The molecule has 30 heavy (non-hydrogen) atoms. The number of halogens is 1. The third-order valence-electron chi connectivity index (χ3n) is 4.99. The van der Waals surface area contributed by atoms with Crippen molar-refractivity contribution in [3.8, 4) is 11.5 Å². The van der Waals surface area contributed by atoms with Crippen LogP contribution in [-0.4, -0.2) is 54.6 Å². The van der Waals surface area contributed by atoms with Crippen molar-refractivity contribution in [2.24, 2.45) is 0 Å². The van der Waals surface area contributed by atoms with Gasteiger partial charge in [-0.1, -0.05) is 15.9 Å². The molecule has 1 amide bonds. The lowest BCUT2D eigenvalue weighted by molar-refractivity contribution is -0.384. The predicted octanol–water partition coefficient (Wildman–Crippen LogP) is 3.87. The van der Waals surface area contributed by atoms with Crippen LogP contribution in [0.3, 0.4) is 0 Å². The van der Waals surface area contributed by atoms with Crippen LogP contribution in [0.15, 0.2) is 46.9 Å². The van der Waals surface area contributed by atoms with Crippen LogP contribution in [0.2, 0.25) is 0 Å². The van der Waals surface area contributed by atoms with Crippen molar-refractivity contribution < 1.29 is 19.2 Å². The molecule has 0 atom stereocenters. The highest BCUT2D eigenvalue weighted by molar-refractivity contribution is 9.10. The Hall–Kier alpha value is -2.81. The van der Waals surface area contributed by atoms with Crippen molar-refractivity contribution in [1.29, 1.82) is 0 Å². The first-order chi connectivity index (χ1) is 14.2. The molecule has 0 spiro atoms. The lowest BCUT2D eigenvalue weighted by Crippen LogP contribution is -2.55. The fourth-order valence-electron chi connectivity index (χ4n) is 3.42. The second-order valence-corrected chi connectivity index (χ2v) is 8.37. The Labute approximate surface area is 183 Å². The van der Waals surface area contributed by atoms with Gasteiger partial charge in [-0.15, -0.1) is 0 Å². The second-order valence-electron chi connectivity index (χ2n) is 7.46. The van der Waals surface area contributed by atoms with Crippen LogP contribution < -0.4 is 14.4 Å². The van der Waals surface area contributed by atoms with E-state index in [1.54, 1.807) is 43.0 Å². The molecule has 0 saturated carbocycles. The molecule has 9 heteroatoms. The minimum Gasteiger partial charge on any atom is -0.496 e. The Kier molecular flexibility index (Phi) is 6.50. The summed E-state index contributed by atoms with van der Waals surface area (Å²) in [7, 11) is 1.47. The zero-order valence-corrected chi connectivity index (χ0v) is 18.7. The van der Waals surface area contributed by atoms with Gasteiger partial charge in [0.15, 0.2) is 5.60 Å². The van der Waals surface area contributed by atoms with Crippen molar-refractivity contribution in [3.63, 3.8) is 0 Å². The molecule has 2 aromatic rings. The quantitative estimate of drug-likeness (QED) is 0.463. The number of hydrogen-bond acceptors (Lipinski definition) is 6. The van der Waals surface area contributed by atoms with Crippen LogP contribution in [0.4, 0.5) is 11.4 Å². The van der Waals surface area contributed by atoms with E-state index in [9.17, 15) is 14.9 Å². The third kappa shape index (κ3) is 4.84. The smallest absolute Gasteiger partial charge is 0.296 e. The van der Waals surface area contributed by atoms with Gasteiger partial charge >= 0.3 is 0 Å². The monoisotopic (exact) mass is 477 g/mol. The second kappa shape index (κ2) is 8.91. The maximum Gasteiger partial charge on any atom is 0.296 e. The largest absolute Gasteiger partial charge is 0.496 e. The van der Waals surface area contributed by atoms with Crippen LogP contribution >= 0.6 is 15.9 Å². The fourth-order valence-corrected chi connectivity index (χ4v) is 3.68. The molecule has 0 aromatic heterocycles. The van der Waals surface area contributed by atoms with Crippen LogP contribution in [0.25, 0.3) is 0 Å². The molecule has 1 fully saturated rings. The minimum absolute atomic E-state index is 0.00646. The molecule has 0 bridgehead atoms. The zero-order chi connectivity index (χ0) is 21.9. The number of ether oxygens (including phenoxy) is 2. The summed E-state index contributed by atoms with van der Waals surface area (Å²) in [6.07, 6.45) is 0. The number of nitro groups is 1. The van der Waals surface area contributed by atoms with E-state index >= 15 is 0 Å². The van der Waals surface area contributed by atoms with Gasteiger partial charge in [0, 0.05) is 30.7 Å². The van der Waals surface area contributed by atoms with Gasteiger partial charge in [-0.2, -0.15) is 0 Å². The number of hydrogen-bond donors (Lipinski definition) is 0. The molecule has 1 aliphatic rings. The summed E-state index contributed by atoms with van der Waals surface area (Å²) in [5.74, 6) is 0.935. The minimum atomic E-state index is -1.03. The molecule has 0 N–H and O–H groups in total. The Balaban J connectivity index is 1.67.